The fourth-order valence-electron chi connectivity index (χ4n) is 3.66. The lowest BCUT2D eigenvalue weighted by molar-refractivity contribution is -0.178. The highest BCUT2D eigenvalue weighted by atomic mass is 35.5. The number of carbonyl (C=O) groups excluding carboxylic acids is 2. The van der Waals surface area contributed by atoms with Crippen molar-refractivity contribution in [1.29, 1.82) is 0 Å². The van der Waals surface area contributed by atoms with Gasteiger partial charge in [-0.3, -0.25) is 9.59 Å². The summed E-state index contributed by atoms with van der Waals surface area (Å²) in [7, 11) is 0. The summed E-state index contributed by atoms with van der Waals surface area (Å²) in [4.78, 5) is 23.7. The highest BCUT2D eigenvalue weighted by Crippen LogP contribution is 2.60. The van der Waals surface area contributed by atoms with Gasteiger partial charge in [-0.15, -0.1) is 0 Å². The van der Waals surface area contributed by atoms with Crippen LogP contribution in [0, 0.1) is 0 Å². The Balaban J connectivity index is 1.34. The molecule has 0 spiro atoms. The molecule has 3 fully saturated rings. The molecule has 3 aliphatic carbocycles. The van der Waals surface area contributed by atoms with Crippen LogP contribution in [0.5, 0.6) is 5.75 Å². The van der Waals surface area contributed by atoms with Crippen LogP contribution >= 0.6 is 11.6 Å². The molecule has 0 saturated heterocycles. The summed E-state index contributed by atoms with van der Waals surface area (Å²) >= 11 is 5.77. The molecule has 148 valence electrons. The number of amides is 2. The lowest BCUT2D eigenvalue weighted by atomic mass is 9.44. The van der Waals surface area contributed by atoms with Gasteiger partial charge in [0, 0.05) is 16.1 Å². The summed E-state index contributed by atoms with van der Waals surface area (Å²) in [6.45, 7) is -2.25. The van der Waals surface area contributed by atoms with Gasteiger partial charge in [-0.05, 0) is 43.5 Å². The third-order valence-electron chi connectivity index (χ3n) is 4.52. The highest BCUT2D eigenvalue weighted by Gasteiger charge is 2.69. The van der Waals surface area contributed by atoms with Crippen LogP contribution in [0.2, 0.25) is 5.02 Å². The average molecular weight is 407 g/mol. The molecule has 3 aliphatic rings. The third kappa shape index (κ3) is 5.04. The van der Waals surface area contributed by atoms with Crippen molar-refractivity contribution in [3.05, 3.63) is 29.3 Å². The monoisotopic (exact) mass is 406 g/mol. The van der Waals surface area contributed by atoms with Gasteiger partial charge >= 0.3 is 6.18 Å². The largest absolute Gasteiger partial charge is 0.484 e. The van der Waals surface area contributed by atoms with E-state index in [1.54, 1.807) is 24.3 Å². The van der Waals surface area contributed by atoms with Crippen LogP contribution in [0.3, 0.4) is 0 Å². The number of hydrogen-bond donors (Lipinski definition) is 2. The van der Waals surface area contributed by atoms with Gasteiger partial charge in [0.1, 0.15) is 19.0 Å². The zero-order valence-corrected chi connectivity index (χ0v) is 15.0. The number of alkyl halides is 3. The van der Waals surface area contributed by atoms with E-state index in [4.69, 9.17) is 16.3 Å². The second-order valence-corrected chi connectivity index (χ2v) is 7.47. The minimum atomic E-state index is -4.46. The molecule has 4 rings (SSSR count). The number of ether oxygens (including phenoxy) is 2. The maximum Gasteiger partial charge on any atom is 0.411 e. The summed E-state index contributed by atoms with van der Waals surface area (Å²) in [5.74, 6) is -0.349. The molecule has 0 radical (unpaired) electrons. The minimum absolute atomic E-state index is 0.145. The van der Waals surface area contributed by atoms with E-state index < -0.39 is 30.8 Å². The lowest BCUT2D eigenvalue weighted by Crippen LogP contribution is -2.84. The molecule has 27 heavy (non-hydrogen) atoms. The molecule has 2 amide bonds. The molecule has 0 aromatic heterocycles. The van der Waals surface area contributed by atoms with Gasteiger partial charge in [0.05, 0.1) is 0 Å². The Bertz CT molecular complexity index is 704. The summed E-state index contributed by atoms with van der Waals surface area (Å²) in [6, 6.07) is 6.62. The summed E-state index contributed by atoms with van der Waals surface area (Å²) in [5.41, 5.74) is -0.830. The predicted octanol–water partition coefficient (Wildman–Crippen LogP) is 2.21. The minimum Gasteiger partial charge on any atom is -0.484 e. The van der Waals surface area contributed by atoms with Crippen molar-refractivity contribution in [3.63, 3.8) is 0 Å². The van der Waals surface area contributed by atoms with E-state index in [-0.39, 0.29) is 18.1 Å². The Morgan fingerprint density at radius 3 is 2.04 bits per heavy atom. The number of benzene rings is 1. The second kappa shape index (κ2) is 7.20. The Hall–Kier alpha value is -2.00. The zero-order chi connectivity index (χ0) is 19.7. The molecule has 0 unspecified atom stereocenters. The molecule has 1 aromatic rings. The quantitative estimate of drug-likeness (QED) is 0.694. The lowest BCUT2D eigenvalue weighted by Gasteiger charge is -2.70. The van der Waals surface area contributed by atoms with Gasteiger partial charge in [-0.1, -0.05) is 11.6 Å². The van der Waals surface area contributed by atoms with Gasteiger partial charge in [0.2, 0.25) is 5.91 Å². The smallest absolute Gasteiger partial charge is 0.411 e. The first kappa shape index (κ1) is 19.8. The fourth-order valence-corrected chi connectivity index (χ4v) is 3.78. The molecule has 6 nitrogen and oxygen atoms in total. The normalized spacial score (nSPS) is 25.8. The van der Waals surface area contributed by atoms with Gasteiger partial charge < -0.3 is 20.1 Å². The SMILES string of the molecule is O=C(COCC(F)(F)F)NC12CC(NC(=O)COc3ccc(Cl)cc3)(C1)C2. The molecule has 0 aliphatic heterocycles. The van der Waals surface area contributed by atoms with E-state index >= 15 is 0 Å². The molecule has 0 atom stereocenters. The Morgan fingerprint density at radius 2 is 1.52 bits per heavy atom. The van der Waals surface area contributed by atoms with E-state index in [0.717, 1.165) is 0 Å². The summed E-state index contributed by atoms with van der Waals surface area (Å²) in [6.07, 6.45) is -2.84. The summed E-state index contributed by atoms with van der Waals surface area (Å²) < 4.78 is 45.6. The molecule has 1 aromatic carbocycles. The molecule has 0 heterocycles. The molecule has 10 heteroatoms. The van der Waals surface area contributed by atoms with E-state index in [9.17, 15) is 22.8 Å². The Labute approximate surface area is 158 Å². The predicted molar refractivity (Wildman–Crippen MR) is 89.4 cm³/mol. The van der Waals surface area contributed by atoms with Crippen molar-refractivity contribution in [2.24, 2.45) is 0 Å². The number of rotatable bonds is 8. The maximum atomic E-state index is 12.0. The molecule has 3 saturated carbocycles. The van der Waals surface area contributed by atoms with Gasteiger partial charge in [0.15, 0.2) is 6.61 Å². The first-order valence-electron chi connectivity index (χ1n) is 8.24. The first-order valence-corrected chi connectivity index (χ1v) is 8.62. The van der Waals surface area contributed by atoms with Crippen LogP contribution in [-0.2, 0) is 14.3 Å². The second-order valence-electron chi connectivity index (χ2n) is 7.04. The standard InChI is InChI=1S/C17H18ClF3N2O4/c18-11-1-3-12(4-2-11)27-6-14(25)23-16-7-15(8-16,9-16)22-13(24)5-26-10-17(19,20)21/h1-4H,5-10H2,(H,22,24)(H,23,25). The fraction of sp³-hybridized carbons (Fsp3) is 0.529. The van der Waals surface area contributed by atoms with Crippen molar-refractivity contribution in [3.8, 4) is 5.75 Å². The molecule has 2 N–H and O–H groups in total. The van der Waals surface area contributed by atoms with Crippen LogP contribution in [-0.4, -0.2) is 48.9 Å². The van der Waals surface area contributed by atoms with E-state index in [1.165, 1.54) is 0 Å². The molecular formula is C17H18ClF3N2O4. The van der Waals surface area contributed by atoms with Crippen molar-refractivity contribution in [2.45, 2.75) is 36.5 Å². The van der Waals surface area contributed by atoms with E-state index in [1.807, 2.05) is 0 Å². The zero-order valence-electron chi connectivity index (χ0n) is 14.2. The van der Waals surface area contributed by atoms with Crippen molar-refractivity contribution < 1.29 is 32.2 Å². The number of carbonyl (C=O) groups is 2. The van der Waals surface area contributed by atoms with Crippen LogP contribution in [0.4, 0.5) is 13.2 Å². The van der Waals surface area contributed by atoms with E-state index in [2.05, 4.69) is 15.4 Å². The van der Waals surface area contributed by atoms with Gasteiger partial charge in [-0.25, -0.2) is 0 Å². The van der Waals surface area contributed by atoms with Gasteiger partial charge in [-0.2, -0.15) is 13.2 Å². The van der Waals surface area contributed by atoms with Gasteiger partial charge in [0.25, 0.3) is 5.91 Å². The van der Waals surface area contributed by atoms with Crippen LogP contribution in [0.15, 0.2) is 24.3 Å². The van der Waals surface area contributed by atoms with Crippen molar-refractivity contribution >= 4 is 23.4 Å². The highest BCUT2D eigenvalue weighted by molar-refractivity contribution is 6.30. The molecule has 2 bridgehead atoms. The first-order chi connectivity index (χ1) is 12.6. The number of halogens is 4. The maximum absolute atomic E-state index is 12.0. The number of nitrogens with one attached hydrogen (secondary N) is 2. The Kier molecular flexibility index (Phi) is 5.27. The van der Waals surface area contributed by atoms with Crippen molar-refractivity contribution in [1.82, 2.24) is 10.6 Å². The average Bonchev–Trinajstić information content (AvgIpc) is 2.50. The topological polar surface area (TPSA) is 76.7 Å². The Morgan fingerprint density at radius 1 is 1.00 bits per heavy atom. The van der Waals surface area contributed by atoms with Crippen molar-refractivity contribution in [2.75, 3.05) is 19.8 Å². The number of hydrogen-bond acceptors (Lipinski definition) is 4. The van der Waals surface area contributed by atoms with Crippen LogP contribution in [0.1, 0.15) is 19.3 Å². The summed E-state index contributed by atoms with van der Waals surface area (Å²) in [5, 5.41) is 6.13. The van der Waals surface area contributed by atoms with Crippen LogP contribution < -0.4 is 15.4 Å². The van der Waals surface area contributed by atoms with Crippen LogP contribution in [0.25, 0.3) is 0 Å². The molecular weight excluding hydrogens is 389 g/mol. The van der Waals surface area contributed by atoms with E-state index in [0.29, 0.717) is 30.0 Å². The third-order valence-corrected chi connectivity index (χ3v) is 4.77.